The molecular formula is C16H23N5O. The zero-order valence-electron chi connectivity index (χ0n) is 13.0. The Bertz CT molecular complexity index is 573. The largest absolute Gasteiger partial charge is 0.367 e. The molecule has 1 aromatic rings. The van der Waals surface area contributed by atoms with Crippen molar-refractivity contribution in [3.8, 4) is 0 Å². The monoisotopic (exact) mass is 301 g/mol. The number of anilines is 1. The van der Waals surface area contributed by atoms with E-state index < -0.39 is 0 Å². The van der Waals surface area contributed by atoms with Crippen LogP contribution in [0.1, 0.15) is 24.8 Å². The normalized spacial score (nSPS) is 27.2. The van der Waals surface area contributed by atoms with Crippen molar-refractivity contribution in [3.05, 3.63) is 23.9 Å². The van der Waals surface area contributed by atoms with Crippen molar-refractivity contribution in [2.45, 2.75) is 43.9 Å². The van der Waals surface area contributed by atoms with E-state index in [9.17, 15) is 4.79 Å². The summed E-state index contributed by atoms with van der Waals surface area (Å²) in [6, 6.07) is 5.65. The molecule has 0 aromatic carbocycles. The molecule has 6 nitrogen and oxygen atoms in total. The van der Waals surface area contributed by atoms with E-state index in [0.29, 0.717) is 24.7 Å². The zero-order valence-corrected chi connectivity index (χ0v) is 13.0. The first kappa shape index (κ1) is 13.8. The summed E-state index contributed by atoms with van der Waals surface area (Å²) < 4.78 is 0. The van der Waals surface area contributed by atoms with Crippen LogP contribution in [0.5, 0.6) is 0 Å². The molecule has 2 amide bonds. The summed E-state index contributed by atoms with van der Waals surface area (Å²) in [7, 11) is 2.14. The molecule has 6 heteroatoms. The molecule has 3 fully saturated rings. The predicted molar refractivity (Wildman–Crippen MR) is 84.6 cm³/mol. The van der Waals surface area contributed by atoms with E-state index in [4.69, 9.17) is 0 Å². The summed E-state index contributed by atoms with van der Waals surface area (Å²) in [5, 5.41) is 6.44. The van der Waals surface area contributed by atoms with Gasteiger partial charge in [0.2, 0.25) is 0 Å². The fourth-order valence-electron chi connectivity index (χ4n) is 3.21. The SMILES string of the molecule is CN1CCN(C(=O)NCc2ccnc(NC3CC3)c2)C2CC21. The summed E-state index contributed by atoms with van der Waals surface area (Å²) >= 11 is 0. The molecule has 1 saturated heterocycles. The zero-order chi connectivity index (χ0) is 15.1. The first-order valence-electron chi connectivity index (χ1n) is 8.17. The smallest absolute Gasteiger partial charge is 0.318 e. The number of likely N-dealkylation sites (N-methyl/N-ethyl adjacent to an activating group) is 1. The average Bonchev–Trinajstić information content (AvgIpc) is 3.39. The number of rotatable bonds is 4. The molecule has 0 bridgehead atoms. The Morgan fingerprint density at radius 3 is 3.05 bits per heavy atom. The summed E-state index contributed by atoms with van der Waals surface area (Å²) in [6.45, 7) is 2.36. The van der Waals surface area contributed by atoms with Gasteiger partial charge in [-0.3, -0.25) is 4.90 Å². The Hall–Kier alpha value is -1.82. The molecule has 118 valence electrons. The summed E-state index contributed by atoms with van der Waals surface area (Å²) in [4.78, 5) is 21.0. The fraction of sp³-hybridized carbons (Fsp3) is 0.625. The number of nitrogens with zero attached hydrogens (tertiary/aromatic N) is 3. The van der Waals surface area contributed by atoms with Gasteiger partial charge in [0.15, 0.2) is 0 Å². The van der Waals surface area contributed by atoms with Crippen molar-refractivity contribution in [3.63, 3.8) is 0 Å². The number of nitrogens with one attached hydrogen (secondary N) is 2. The Morgan fingerprint density at radius 2 is 2.23 bits per heavy atom. The van der Waals surface area contributed by atoms with E-state index in [1.165, 1.54) is 12.8 Å². The van der Waals surface area contributed by atoms with Crippen molar-refractivity contribution < 1.29 is 4.79 Å². The van der Waals surface area contributed by atoms with Crippen LogP contribution in [-0.2, 0) is 6.54 Å². The summed E-state index contributed by atoms with van der Waals surface area (Å²) in [5.41, 5.74) is 1.09. The molecule has 2 heterocycles. The molecule has 2 N–H and O–H groups in total. The van der Waals surface area contributed by atoms with Gasteiger partial charge in [0.05, 0.1) is 6.04 Å². The second kappa shape index (κ2) is 5.43. The Balaban J connectivity index is 1.31. The highest BCUT2D eigenvalue weighted by atomic mass is 16.2. The number of urea groups is 1. The van der Waals surface area contributed by atoms with Gasteiger partial charge in [0.25, 0.3) is 0 Å². The van der Waals surface area contributed by atoms with E-state index >= 15 is 0 Å². The third-order valence-corrected chi connectivity index (χ3v) is 4.84. The molecule has 0 radical (unpaired) electrons. The van der Waals surface area contributed by atoms with E-state index in [0.717, 1.165) is 30.9 Å². The van der Waals surface area contributed by atoms with Crippen molar-refractivity contribution >= 4 is 11.8 Å². The average molecular weight is 301 g/mol. The van der Waals surface area contributed by atoms with Crippen LogP contribution in [0, 0.1) is 0 Å². The number of hydrogen-bond donors (Lipinski definition) is 2. The maximum atomic E-state index is 12.4. The first-order chi connectivity index (χ1) is 10.7. The molecule has 4 rings (SSSR count). The molecule has 1 aliphatic heterocycles. The number of carbonyl (C=O) groups is 1. The third kappa shape index (κ3) is 2.88. The highest BCUT2D eigenvalue weighted by Crippen LogP contribution is 2.35. The molecule has 0 spiro atoms. The number of amides is 2. The topological polar surface area (TPSA) is 60.5 Å². The van der Waals surface area contributed by atoms with E-state index in [-0.39, 0.29) is 6.03 Å². The molecule has 2 unspecified atom stereocenters. The van der Waals surface area contributed by atoms with E-state index in [2.05, 4.69) is 27.6 Å². The highest BCUT2D eigenvalue weighted by Gasteiger charge is 2.49. The molecule has 2 atom stereocenters. The quantitative estimate of drug-likeness (QED) is 0.879. The number of pyridine rings is 1. The van der Waals surface area contributed by atoms with E-state index in [1.807, 2.05) is 17.0 Å². The molecule has 2 saturated carbocycles. The van der Waals surface area contributed by atoms with Crippen molar-refractivity contribution in [2.75, 3.05) is 25.5 Å². The van der Waals surface area contributed by atoms with Crippen LogP contribution in [0.4, 0.5) is 10.6 Å². The number of piperazine rings is 1. The molecule has 22 heavy (non-hydrogen) atoms. The minimum absolute atomic E-state index is 0.0640. The number of fused-ring (bicyclic) bond motifs is 1. The lowest BCUT2D eigenvalue weighted by molar-refractivity contribution is 0.151. The van der Waals surface area contributed by atoms with Gasteiger partial charge in [-0.05, 0) is 44.0 Å². The van der Waals surface area contributed by atoms with Gasteiger partial charge in [0.1, 0.15) is 5.82 Å². The Kier molecular flexibility index (Phi) is 3.41. The van der Waals surface area contributed by atoms with Crippen LogP contribution < -0.4 is 10.6 Å². The van der Waals surface area contributed by atoms with Gasteiger partial charge >= 0.3 is 6.03 Å². The predicted octanol–water partition coefficient (Wildman–Crippen LogP) is 1.25. The lowest BCUT2D eigenvalue weighted by Gasteiger charge is -2.31. The second-order valence-corrected chi connectivity index (χ2v) is 6.67. The van der Waals surface area contributed by atoms with Gasteiger partial charge < -0.3 is 15.5 Å². The number of aromatic nitrogens is 1. The first-order valence-corrected chi connectivity index (χ1v) is 8.17. The molecule has 3 aliphatic rings. The fourth-order valence-corrected chi connectivity index (χ4v) is 3.21. The minimum atomic E-state index is 0.0640. The standard InChI is InChI=1S/C16H23N5O/c1-20-6-7-21(14-9-13(14)20)16(22)18-10-11-4-5-17-15(8-11)19-12-2-3-12/h4-5,8,12-14H,2-3,6-7,9-10H2,1H3,(H,17,19)(H,18,22). The van der Waals surface area contributed by atoms with Crippen LogP contribution in [-0.4, -0.2) is 59.1 Å². The maximum Gasteiger partial charge on any atom is 0.318 e. The van der Waals surface area contributed by atoms with Crippen molar-refractivity contribution in [1.29, 1.82) is 0 Å². The van der Waals surface area contributed by atoms with Crippen LogP contribution in [0.25, 0.3) is 0 Å². The molecular weight excluding hydrogens is 278 g/mol. The van der Waals surface area contributed by atoms with Crippen LogP contribution in [0.3, 0.4) is 0 Å². The Morgan fingerprint density at radius 1 is 1.36 bits per heavy atom. The Labute approximate surface area is 130 Å². The van der Waals surface area contributed by atoms with Crippen LogP contribution >= 0.6 is 0 Å². The maximum absolute atomic E-state index is 12.4. The summed E-state index contributed by atoms with van der Waals surface area (Å²) in [6.07, 6.45) is 5.39. The lowest BCUT2D eigenvalue weighted by Crippen LogP contribution is -2.50. The second-order valence-electron chi connectivity index (χ2n) is 6.67. The van der Waals surface area contributed by atoms with Crippen molar-refractivity contribution in [2.24, 2.45) is 0 Å². The third-order valence-electron chi connectivity index (χ3n) is 4.84. The molecule has 2 aliphatic carbocycles. The minimum Gasteiger partial charge on any atom is -0.367 e. The van der Waals surface area contributed by atoms with E-state index in [1.54, 1.807) is 6.20 Å². The van der Waals surface area contributed by atoms with Gasteiger partial charge in [-0.25, -0.2) is 9.78 Å². The van der Waals surface area contributed by atoms with Gasteiger partial charge in [-0.2, -0.15) is 0 Å². The van der Waals surface area contributed by atoms with Gasteiger partial charge in [-0.1, -0.05) is 0 Å². The summed E-state index contributed by atoms with van der Waals surface area (Å²) in [5.74, 6) is 0.913. The van der Waals surface area contributed by atoms with Crippen molar-refractivity contribution in [1.82, 2.24) is 20.1 Å². The van der Waals surface area contributed by atoms with Gasteiger partial charge in [-0.15, -0.1) is 0 Å². The van der Waals surface area contributed by atoms with Crippen LogP contribution in [0.15, 0.2) is 18.3 Å². The lowest BCUT2D eigenvalue weighted by atomic mass is 10.2. The van der Waals surface area contributed by atoms with Gasteiger partial charge in [0, 0.05) is 37.9 Å². The number of hydrogen-bond acceptors (Lipinski definition) is 4. The van der Waals surface area contributed by atoms with Crippen LogP contribution in [0.2, 0.25) is 0 Å². The molecule has 1 aromatic heterocycles. The number of carbonyl (C=O) groups excluding carboxylic acids is 1. The highest BCUT2D eigenvalue weighted by molar-refractivity contribution is 5.75.